The van der Waals surface area contributed by atoms with Crippen LogP contribution >= 0.6 is 0 Å². The van der Waals surface area contributed by atoms with Crippen LogP contribution in [0.15, 0.2) is 47.4 Å². The molecule has 2 aromatic carbocycles. The molecule has 24 heavy (non-hydrogen) atoms. The highest BCUT2D eigenvalue weighted by Crippen LogP contribution is 2.21. The van der Waals surface area contributed by atoms with Crippen LogP contribution in [0.25, 0.3) is 0 Å². The van der Waals surface area contributed by atoms with Crippen molar-refractivity contribution in [1.29, 1.82) is 0 Å². The normalized spacial score (nSPS) is 11.2. The topological polar surface area (TPSA) is 75.7 Å². The third-order valence-corrected chi connectivity index (χ3v) is 5.11. The van der Waals surface area contributed by atoms with Crippen LogP contribution in [0.2, 0.25) is 0 Å². The summed E-state index contributed by atoms with van der Waals surface area (Å²) in [5, 5.41) is 1.09. The maximum atomic E-state index is 12.5. The summed E-state index contributed by atoms with van der Waals surface area (Å²) in [4.78, 5) is 17.0. The van der Waals surface area contributed by atoms with Crippen molar-refractivity contribution in [3.8, 4) is 0 Å². The van der Waals surface area contributed by atoms with Crippen LogP contribution < -0.4 is 4.72 Å². The zero-order valence-electron chi connectivity index (χ0n) is 14.0. The second kappa shape index (κ2) is 7.02. The minimum absolute atomic E-state index is 0.229. The molecule has 1 amide bonds. The Bertz CT molecular complexity index is 845. The van der Waals surface area contributed by atoms with Crippen LogP contribution in [-0.4, -0.2) is 33.5 Å². The zero-order valence-corrected chi connectivity index (χ0v) is 14.8. The average molecular weight is 348 g/mol. The molecule has 0 saturated carbocycles. The second-order valence-electron chi connectivity index (χ2n) is 5.44. The van der Waals surface area contributed by atoms with Crippen LogP contribution in [0.4, 0.5) is 5.69 Å². The second-order valence-corrected chi connectivity index (χ2v) is 7.09. The molecule has 0 aliphatic heterocycles. The number of anilines is 1. The molecule has 2 rings (SSSR count). The number of hydroxylamine groups is 2. The van der Waals surface area contributed by atoms with E-state index in [-0.39, 0.29) is 10.8 Å². The first-order valence-corrected chi connectivity index (χ1v) is 8.75. The van der Waals surface area contributed by atoms with Crippen LogP contribution in [0.5, 0.6) is 0 Å². The number of sulfonamides is 1. The van der Waals surface area contributed by atoms with Crippen LogP contribution in [0.3, 0.4) is 0 Å². The molecule has 128 valence electrons. The molecule has 0 heterocycles. The summed E-state index contributed by atoms with van der Waals surface area (Å²) < 4.78 is 27.5. The number of carbonyl (C=O) groups is 1. The van der Waals surface area contributed by atoms with Crippen molar-refractivity contribution in [1.82, 2.24) is 5.06 Å². The number of amides is 1. The molecule has 0 radical (unpaired) electrons. The van der Waals surface area contributed by atoms with Crippen molar-refractivity contribution >= 4 is 21.6 Å². The summed E-state index contributed by atoms with van der Waals surface area (Å²) in [6.45, 7) is 3.66. The van der Waals surface area contributed by atoms with Gasteiger partial charge in [0.25, 0.3) is 15.9 Å². The monoisotopic (exact) mass is 348 g/mol. The van der Waals surface area contributed by atoms with E-state index in [2.05, 4.69) is 4.72 Å². The lowest BCUT2D eigenvalue weighted by atomic mass is 10.2. The highest BCUT2D eigenvalue weighted by atomic mass is 32.2. The Hall–Kier alpha value is -2.38. The van der Waals surface area contributed by atoms with Gasteiger partial charge >= 0.3 is 0 Å². The Balaban J connectivity index is 2.23. The summed E-state index contributed by atoms with van der Waals surface area (Å²) in [6, 6.07) is 11.3. The maximum absolute atomic E-state index is 12.5. The van der Waals surface area contributed by atoms with Gasteiger partial charge in [-0.1, -0.05) is 17.7 Å². The van der Waals surface area contributed by atoms with Crippen LogP contribution in [0.1, 0.15) is 21.5 Å². The first-order valence-electron chi connectivity index (χ1n) is 7.27. The third-order valence-electron chi connectivity index (χ3n) is 3.56. The highest BCUT2D eigenvalue weighted by Gasteiger charge is 2.17. The minimum Gasteiger partial charge on any atom is -0.280 e. The fraction of sp³-hybridized carbons (Fsp3) is 0.235. The predicted octanol–water partition coefficient (Wildman–Crippen LogP) is 2.74. The van der Waals surface area contributed by atoms with Crippen molar-refractivity contribution in [2.45, 2.75) is 18.7 Å². The molecular formula is C17H20N2O4S. The van der Waals surface area contributed by atoms with Crippen LogP contribution in [0, 0.1) is 13.8 Å². The molecule has 2 aromatic rings. The molecule has 7 heteroatoms. The lowest BCUT2D eigenvalue weighted by molar-refractivity contribution is -0.0756. The summed E-state index contributed by atoms with van der Waals surface area (Å²) in [7, 11) is -0.793. The molecular weight excluding hydrogens is 328 g/mol. The van der Waals surface area contributed by atoms with Crippen molar-refractivity contribution in [2.24, 2.45) is 0 Å². The van der Waals surface area contributed by atoms with Gasteiger partial charge < -0.3 is 0 Å². The number of nitrogens with zero attached hydrogens (tertiary/aromatic N) is 1. The molecule has 0 aliphatic carbocycles. The molecule has 1 N–H and O–H groups in total. The van der Waals surface area contributed by atoms with Crippen molar-refractivity contribution in [3.05, 3.63) is 59.2 Å². The molecule has 0 aliphatic rings. The van der Waals surface area contributed by atoms with E-state index in [0.717, 1.165) is 10.6 Å². The lowest BCUT2D eigenvalue weighted by Crippen LogP contribution is -2.25. The number of hydrogen-bond donors (Lipinski definition) is 1. The number of nitrogens with one attached hydrogen (secondary N) is 1. The smallest absolute Gasteiger partial charge is 0.277 e. The van der Waals surface area contributed by atoms with Crippen molar-refractivity contribution in [3.63, 3.8) is 0 Å². The van der Waals surface area contributed by atoms with Gasteiger partial charge in [0.2, 0.25) is 0 Å². The molecule has 0 unspecified atom stereocenters. The zero-order chi connectivity index (χ0) is 17.9. The van der Waals surface area contributed by atoms with Crippen molar-refractivity contribution in [2.75, 3.05) is 18.9 Å². The Morgan fingerprint density at radius 2 is 1.71 bits per heavy atom. The molecule has 0 saturated heterocycles. The summed E-state index contributed by atoms with van der Waals surface area (Å²) in [5.74, 6) is -0.318. The van der Waals surface area contributed by atoms with Gasteiger partial charge in [-0.15, -0.1) is 0 Å². The minimum atomic E-state index is -3.68. The SMILES string of the molecule is CON(C)C(=O)c1ccc(NS(=O)(=O)c2ccc(C)cc2C)cc1. The van der Waals surface area contributed by atoms with E-state index < -0.39 is 10.0 Å². The fourth-order valence-electron chi connectivity index (χ4n) is 2.26. The summed E-state index contributed by atoms with van der Waals surface area (Å²) in [6.07, 6.45) is 0. The quantitative estimate of drug-likeness (QED) is 0.843. The molecule has 0 bridgehead atoms. The number of hydrogen-bond acceptors (Lipinski definition) is 4. The average Bonchev–Trinajstić information content (AvgIpc) is 2.53. The molecule has 0 aromatic heterocycles. The van der Waals surface area contributed by atoms with Gasteiger partial charge in [-0.2, -0.15) is 0 Å². The van der Waals surface area contributed by atoms with Gasteiger partial charge in [0.1, 0.15) is 0 Å². The Morgan fingerprint density at radius 1 is 1.08 bits per heavy atom. The van der Waals surface area contributed by atoms with Gasteiger partial charge in [0, 0.05) is 18.3 Å². The molecule has 6 nitrogen and oxygen atoms in total. The standard InChI is InChI=1S/C17H20N2O4S/c1-12-5-10-16(13(2)11-12)24(21,22)18-15-8-6-14(7-9-15)17(20)19(3)23-4/h5-11,18H,1-4H3. The van der Waals surface area contributed by atoms with Gasteiger partial charge in [-0.3, -0.25) is 14.4 Å². The Kier molecular flexibility index (Phi) is 5.26. The van der Waals surface area contributed by atoms with E-state index in [0.29, 0.717) is 16.8 Å². The molecule has 0 fully saturated rings. The third kappa shape index (κ3) is 3.93. The van der Waals surface area contributed by atoms with E-state index in [1.165, 1.54) is 38.4 Å². The Morgan fingerprint density at radius 3 is 2.25 bits per heavy atom. The first kappa shape index (κ1) is 18.0. The van der Waals surface area contributed by atoms with E-state index in [1.807, 2.05) is 13.0 Å². The molecule has 0 atom stereocenters. The van der Waals surface area contributed by atoms with E-state index in [9.17, 15) is 13.2 Å². The van der Waals surface area contributed by atoms with Gasteiger partial charge in [0.15, 0.2) is 0 Å². The van der Waals surface area contributed by atoms with Gasteiger partial charge in [-0.05, 0) is 49.7 Å². The van der Waals surface area contributed by atoms with E-state index >= 15 is 0 Å². The number of benzene rings is 2. The van der Waals surface area contributed by atoms with E-state index in [4.69, 9.17) is 4.84 Å². The first-order chi connectivity index (χ1) is 11.2. The van der Waals surface area contributed by atoms with Crippen molar-refractivity contribution < 1.29 is 18.0 Å². The summed E-state index contributed by atoms with van der Waals surface area (Å²) in [5.41, 5.74) is 2.45. The van der Waals surface area contributed by atoms with Gasteiger partial charge in [0.05, 0.1) is 12.0 Å². The number of carbonyl (C=O) groups excluding carboxylic acids is 1. The largest absolute Gasteiger partial charge is 0.280 e. The number of aryl methyl sites for hydroxylation is 2. The number of rotatable bonds is 5. The Labute approximate surface area is 142 Å². The predicted molar refractivity (Wildman–Crippen MR) is 92.3 cm³/mol. The van der Waals surface area contributed by atoms with Gasteiger partial charge in [-0.25, -0.2) is 13.5 Å². The highest BCUT2D eigenvalue weighted by molar-refractivity contribution is 7.92. The fourth-order valence-corrected chi connectivity index (χ4v) is 3.54. The molecule has 0 spiro atoms. The van der Waals surface area contributed by atoms with E-state index in [1.54, 1.807) is 19.1 Å². The van der Waals surface area contributed by atoms with Crippen LogP contribution in [-0.2, 0) is 14.9 Å². The maximum Gasteiger partial charge on any atom is 0.277 e. The lowest BCUT2D eigenvalue weighted by Gasteiger charge is -2.14. The summed E-state index contributed by atoms with van der Waals surface area (Å²) >= 11 is 0.